The van der Waals surface area contributed by atoms with Crippen molar-refractivity contribution in [1.29, 1.82) is 0 Å². The maximum absolute atomic E-state index is 13.9. The molecule has 5 rings (SSSR count). The van der Waals surface area contributed by atoms with Gasteiger partial charge in [-0.15, -0.1) is 0 Å². The molecule has 2 atom stereocenters. The van der Waals surface area contributed by atoms with Crippen molar-refractivity contribution < 1.29 is 45.7 Å². The molecular formula is C29H30ClF3N5O4-. The average molecular weight is 605 g/mol. The number of phenols is 1. The number of nitrogens with zero attached hydrogens (tertiary/aromatic N) is 3. The second-order valence-corrected chi connectivity index (χ2v) is 10.1. The Morgan fingerprint density at radius 1 is 0.976 bits per heavy atom. The summed E-state index contributed by atoms with van der Waals surface area (Å²) in [4.78, 5) is 23.4. The number of amides is 1. The van der Waals surface area contributed by atoms with Crippen LogP contribution in [-0.4, -0.2) is 52.1 Å². The van der Waals surface area contributed by atoms with Crippen LogP contribution in [0.3, 0.4) is 0 Å². The summed E-state index contributed by atoms with van der Waals surface area (Å²) in [7, 11) is 0. The van der Waals surface area contributed by atoms with Crippen LogP contribution in [0, 0.1) is 5.21 Å². The fourth-order valence-electron chi connectivity index (χ4n) is 5.05. The number of carbonyl (C=O) groups is 1. The molecule has 0 aromatic heterocycles. The summed E-state index contributed by atoms with van der Waals surface area (Å²) in [6, 6.07) is 20.7. The molecule has 1 amide bonds. The fraction of sp³-hybridized carbons (Fsp3) is 0.276. The number of alkyl halides is 3. The molecule has 3 aromatic carbocycles. The van der Waals surface area contributed by atoms with Crippen LogP contribution in [0.15, 0.2) is 85.1 Å². The number of benzene rings is 3. The predicted octanol–water partition coefficient (Wildman–Crippen LogP) is 0.0227. The maximum Gasteiger partial charge on any atom is 0.416 e. The van der Waals surface area contributed by atoms with E-state index in [-0.39, 0.29) is 29.5 Å². The predicted molar refractivity (Wildman–Crippen MR) is 144 cm³/mol. The van der Waals surface area contributed by atoms with Crippen LogP contribution in [0.1, 0.15) is 29.2 Å². The Hall–Kier alpha value is -3.81. The molecule has 1 fully saturated rings. The Morgan fingerprint density at radius 3 is 2.26 bits per heavy atom. The van der Waals surface area contributed by atoms with Gasteiger partial charge in [0.25, 0.3) is 5.91 Å². The van der Waals surface area contributed by atoms with Gasteiger partial charge < -0.3 is 22.7 Å². The largest absolute Gasteiger partial charge is 1.00 e. The molecule has 0 saturated carbocycles. The Morgan fingerprint density at radius 2 is 1.64 bits per heavy atom. The van der Waals surface area contributed by atoms with E-state index in [4.69, 9.17) is 4.84 Å². The van der Waals surface area contributed by atoms with E-state index in [1.807, 2.05) is 23.1 Å². The maximum atomic E-state index is 13.9. The molecular weight excluding hydrogens is 575 g/mol. The van der Waals surface area contributed by atoms with Gasteiger partial charge in [-0.2, -0.15) is 13.2 Å². The second kappa shape index (κ2) is 12.6. The number of carbonyl (C=O) groups excluding carboxylic acids is 1. The first-order valence-electron chi connectivity index (χ1n) is 13.1. The molecule has 2 unspecified atom stereocenters. The van der Waals surface area contributed by atoms with Crippen LogP contribution in [0.25, 0.3) is 5.76 Å². The number of hydrogen-bond donors (Lipinski definition) is 3. The number of hydrazine groups is 1. The Kier molecular flexibility index (Phi) is 9.34. The van der Waals surface area contributed by atoms with Crippen molar-refractivity contribution in [3.63, 3.8) is 0 Å². The summed E-state index contributed by atoms with van der Waals surface area (Å²) in [5, 5.41) is 22.8. The Balaban J connectivity index is 0.00000405. The minimum atomic E-state index is -4.50. The van der Waals surface area contributed by atoms with E-state index < -0.39 is 28.5 Å². The van der Waals surface area contributed by atoms with Gasteiger partial charge in [-0.3, -0.25) is 19.4 Å². The third-order valence-corrected chi connectivity index (χ3v) is 7.46. The first-order chi connectivity index (χ1) is 19.5. The smallest absolute Gasteiger partial charge is 0.416 e. The first kappa shape index (κ1) is 31.1. The lowest BCUT2D eigenvalue weighted by Crippen LogP contribution is -3.12. The van der Waals surface area contributed by atoms with Crippen LogP contribution in [0.4, 0.5) is 13.2 Å². The zero-order valence-corrected chi connectivity index (χ0v) is 23.4. The summed E-state index contributed by atoms with van der Waals surface area (Å²) in [6.45, 7) is 4.99. The number of rotatable bonds is 7. The molecule has 3 aromatic rings. The van der Waals surface area contributed by atoms with Crippen LogP contribution < -0.4 is 23.2 Å². The van der Waals surface area contributed by atoms with E-state index >= 15 is 0 Å². The van der Waals surface area contributed by atoms with Gasteiger partial charge in [0.15, 0.2) is 0 Å². The lowest BCUT2D eigenvalue weighted by atomic mass is 9.88. The molecule has 2 aliphatic heterocycles. The van der Waals surface area contributed by atoms with Crippen molar-refractivity contribution in [1.82, 2.24) is 20.3 Å². The van der Waals surface area contributed by atoms with Crippen molar-refractivity contribution in [3.8, 4) is 5.75 Å². The number of hydrogen-bond acceptors (Lipinski definition) is 7. The average Bonchev–Trinajstić information content (AvgIpc) is 3.33. The van der Waals surface area contributed by atoms with Crippen LogP contribution >= 0.6 is 0 Å². The Bertz CT molecular complexity index is 1400. The standard InChI is InChI=1S/C29H30F3N5O4.ClH/c1-28(24-8-5-9-25(38)18-24,35-16-14-34(15-17-35)19-21-6-3-2-4-7-21)27(39)33-36-20-26(41-37(36)40)22-10-12-23(13-11-22)29(30,31)32;/h2-13,18,20,37-38H,14-17,19H2,1H3,(H,33,39);1H/p-1. The first-order valence-corrected chi connectivity index (χ1v) is 13.1. The third-order valence-electron chi connectivity index (χ3n) is 7.46. The topological polar surface area (TPSA) is 95.8 Å². The summed E-state index contributed by atoms with van der Waals surface area (Å²) >= 11 is 0. The molecule has 0 bridgehead atoms. The molecule has 9 nitrogen and oxygen atoms in total. The number of halogens is 4. The highest BCUT2D eigenvalue weighted by Gasteiger charge is 2.44. The van der Waals surface area contributed by atoms with Crippen LogP contribution in [-0.2, 0) is 27.9 Å². The van der Waals surface area contributed by atoms with Crippen LogP contribution in [0.2, 0.25) is 0 Å². The number of quaternary nitrogens is 1. The van der Waals surface area contributed by atoms with Crippen molar-refractivity contribution in [2.24, 2.45) is 0 Å². The highest BCUT2D eigenvalue weighted by molar-refractivity contribution is 5.87. The molecule has 42 heavy (non-hydrogen) atoms. The summed E-state index contributed by atoms with van der Waals surface area (Å²) in [6.07, 6.45) is -3.27. The van der Waals surface area contributed by atoms with Crippen molar-refractivity contribution >= 4 is 11.7 Å². The lowest BCUT2D eigenvalue weighted by molar-refractivity contribution is -1.12. The molecule has 13 heteroatoms. The zero-order chi connectivity index (χ0) is 29.2. The minimum absolute atomic E-state index is 0. The number of piperazine rings is 1. The van der Waals surface area contributed by atoms with Gasteiger partial charge in [0.05, 0.1) is 5.56 Å². The summed E-state index contributed by atoms with van der Waals surface area (Å²) in [5.41, 5.74) is 2.46. The van der Waals surface area contributed by atoms with Crippen molar-refractivity contribution in [3.05, 3.63) is 113 Å². The van der Waals surface area contributed by atoms with Gasteiger partial charge in [0.1, 0.15) is 17.5 Å². The van der Waals surface area contributed by atoms with E-state index in [1.54, 1.807) is 19.1 Å². The molecule has 3 N–H and O–H groups in total. The van der Waals surface area contributed by atoms with E-state index in [0.29, 0.717) is 31.7 Å². The molecule has 0 spiro atoms. The van der Waals surface area contributed by atoms with Gasteiger partial charge in [-0.05, 0) is 42.3 Å². The fourth-order valence-corrected chi connectivity index (χ4v) is 5.05. The SMILES string of the molecule is CC(C(=O)NN1C=C(c2ccc(C(F)(F)F)cc2)O[NH+]1[O-])(c1cccc(O)c1)N1CCN(Cc2ccccc2)CC1.[Cl-]. The molecule has 2 aliphatic rings. The monoisotopic (exact) mass is 604 g/mol. The van der Waals surface area contributed by atoms with Gasteiger partial charge in [-0.25, -0.2) is 5.43 Å². The number of phenolic OH excluding ortho intramolecular Hbond substituents is 1. The second-order valence-electron chi connectivity index (χ2n) is 10.1. The third kappa shape index (κ3) is 6.63. The molecule has 0 radical (unpaired) electrons. The highest BCUT2D eigenvalue weighted by Crippen LogP contribution is 2.33. The molecule has 0 aliphatic carbocycles. The van der Waals surface area contributed by atoms with Gasteiger partial charge in [0, 0.05) is 38.3 Å². The lowest BCUT2D eigenvalue weighted by Gasteiger charge is -2.45. The highest BCUT2D eigenvalue weighted by atomic mass is 35.5. The van der Waals surface area contributed by atoms with Crippen LogP contribution in [0.5, 0.6) is 5.75 Å². The normalized spacial score (nSPS) is 19.3. The van der Waals surface area contributed by atoms with E-state index in [9.17, 15) is 28.3 Å². The van der Waals surface area contributed by atoms with E-state index in [1.165, 1.54) is 36.0 Å². The molecule has 1 saturated heterocycles. The van der Waals surface area contributed by atoms with E-state index in [0.717, 1.165) is 23.8 Å². The summed E-state index contributed by atoms with van der Waals surface area (Å²) in [5.74, 6) is -0.548. The van der Waals surface area contributed by atoms with Gasteiger partial charge >= 0.3 is 6.18 Å². The van der Waals surface area contributed by atoms with E-state index in [2.05, 4.69) is 22.5 Å². The number of nitrogens with one attached hydrogen (secondary N) is 2. The molecule has 224 valence electrons. The van der Waals surface area contributed by atoms with Crippen molar-refractivity contribution in [2.45, 2.75) is 25.2 Å². The Labute approximate surface area is 247 Å². The molecule has 2 heterocycles. The van der Waals surface area contributed by atoms with Crippen molar-refractivity contribution in [2.75, 3.05) is 26.2 Å². The van der Waals surface area contributed by atoms with Gasteiger partial charge in [0.2, 0.25) is 5.76 Å². The zero-order valence-electron chi connectivity index (χ0n) is 22.6. The summed E-state index contributed by atoms with van der Waals surface area (Å²) < 4.78 is 38.8. The van der Waals surface area contributed by atoms with Gasteiger partial charge in [-0.1, -0.05) is 65.1 Å². The number of aromatic hydroxyl groups is 1. The minimum Gasteiger partial charge on any atom is -1.00 e. The quantitative estimate of drug-likeness (QED) is 0.328.